The Balaban J connectivity index is 0.767. The van der Waals surface area contributed by atoms with Crippen LogP contribution in [0.5, 0.6) is 57.5 Å². The number of esters is 2. The molecule has 6 aliphatic rings. The maximum atomic E-state index is 14.2. The minimum atomic E-state index is -1.30. The molecule has 6 aromatic rings. The van der Waals surface area contributed by atoms with Crippen molar-refractivity contribution < 1.29 is 105 Å². The van der Waals surface area contributed by atoms with Gasteiger partial charge in [-0.2, -0.15) is 9.78 Å². The van der Waals surface area contributed by atoms with Crippen molar-refractivity contribution >= 4 is 11.9 Å². The number of hydrogen-bond acceptors (Lipinski definition) is 22. The van der Waals surface area contributed by atoms with Crippen LogP contribution in [0.1, 0.15) is 96.9 Å². The van der Waals surface area contributed by atoms with Crippen molar-refractivity contribution in [2.24, 2.45) is 23.2 Å². The lowest BCUT2D eigenvalue weighted by molar-refractivity contribution is -0.239. The Bertz CT molecular complexity index is 3440. The van der Waals surface area contributed by atoms with E-state index in [0.29, 0.717) is 150 Å². The molecule has 0 aromatic heterocycles. The van der Waals surface area contributed by atoms with Crippen molar-refractivity contribution in [2.75, 3.05) is 106 Å². The third kappa shape index (κ3) is 16.8. The Labute approximate surface area is 540 Å². The van der Waals surface area contributed by atoms with Crippen LogP contribution in [-0.2, 0) is 71.7 Å². The fraction of sp³-hybridized carbons (Fsp3) is 0.465. The van der Waals surface area contributed by atoms with Gasteiger partial charge in [0.1, 0.15) is 47.7 Å². The monoisotopic (exact) mass is 1280 g/mol. The van der Waals surface area contributed by atoms with E-state index in [2.05, 4.69) is 34.6 Å². The zero-order valence-electron chi connectivity index (χ0n) is 53.1. The molecule has 22 nitrogen and oxygen atoms in total. The van der Waals surface area contributed by atoms with Gasteiger partial charge in [0.05, 0.1) is 90.4 Å². The summed E-state index contributed by atoms with van der Waals surface area (Å²) in [7, 11) is 0. The molecule has 0 radical (unpaired) electrons. The maximum Gasteiger partial charge on any atom is 0.343 e. The lowest BCUT2D eigenvalue weighted by Crippen LogP contribution is -2.55. The highest BCUT2D eigenvalue weighted by molar-refractivity contribution is 5.93. The zero-order chi connectivity index (χ0) is 64.3. The third-order valence-corrected chi connectivity index (χ3v) is 17.1. The first-order chi connectivity index (χ1) is 45.2. The molecule has 0 saturated carbocycles. The van der Waals surface area contributed by atoms with E-state index >= 15 is 0 Å². The van der Waals surface area contributed by atoms with Crippen LogP contribution in [-0.4, -0.2) is 124 Å². The Morgan fingerprint density at radius 1 is 0.452 bits per heavy atom. The summed E-state index contributed by atoms with van der Waals surface area (Å²) in [6.45, 7) is 18.5. The molecule has 6 aliphatic heterocycles. The topological polar surface area (TPSA) is 219 Å². The van der Waals surface area contributed by atoms with Crippen LogP contribution in [0.25, 0.3) is 0 Å². The van der Waals surface area contributed by atoms with Gasteiger partial charge in [-0.3, -0.25) is 0 Å². The first-order valence-electron chi connectivity index (χ1n) is 31.5. The molecular weight excluding hydrogens is 1200 g/mol. The van der Waals surface area contributed by atoms with Crippen molar-refractivity contribution in [1.82, 2.24) is 0 Å². The van der Waals surface area contributed by atoms with Gasteiger partial charge in [0.2, 0.25) is 11.5 Å². The predicted octanol–water partition coefficient (Wildman–Crippen LogP) is 11.4. The summed E-state index contributed by atoms with van der Waals surface area (Å²) < 4.78 is 93.5. The Morgan fingerprint density at radius 3 is 1.19 bits per heavy atom. The van der Waals surface area contributed by atoms with Crippen LogP contribution < -0.4 is 47.7 Å². The maximum absolute atomic E-state index is 14.2. The number of carbonyl (C=O) groups is 2. The highest BCUT2D eigenvalue weighted by atomic mass is 17.2. The SMILES string of the molecule is CCC1(COCOc2ccc(C(=O)Oc3cc4c(cc3OC(=O)c3ccc(OCOCC5COC5)cc3)OC3(CC(C)(C)c5cc(OOCc6ccc(OCOCC7COC7)cc6)c(OOCc6ccc(OCOCC7COC7)cc6)cc5O3)CC4(C)C)cc2)COC1. The molecule has 22 heteroatoms. The second kappa shape index (κ2) is 29.7. The van der Waals surface area contributed by atoms with E-state index in [1.807, 2.05) is 54.6 Å². The second-order valence-corrected chi connectivity index (χ2v) is 25.7. The summed E-state index contributed by atoms with van der Waals surface area (Å²) >= 11 is 0. The second-order valence-electron chi connectivity index (χ2n) is 25.7. The van der Waals surface area contributed by atoms with E-state index < -0.39 is 28.6 Å². The van der Waals surface area contributed by atoms with Crippen molar-refractivity contribution in [3.05, 3.63) is 155 Å². The summed E-state index contributed by atoms with van der Waals surface area (Å²) in [5, 5.41) is 0. The first-order valence-corrected chi connectivity index (χ1v) is 31.5. The molecule has 4 fully saturated rings. The highest BCUT2D eigenvalue weighted by Crippen LogP contribution is 2.57. The van der Waals surface area contributed by atoms with E-state index in [-0.39, 0.29) is 79.9 Å². The van der Waals surface area contributed by atoms with Crippen molar-refractivity contribution in [3.8, 4) is 57.5 Å². The third-order valence-electron chi connectivity index (χ3n) is 17.1. The van der Waals surface area contributed by atoms with Crippen LogP contribution in [0.4, 0.5) is 0 Å². The summed E-state index contributed by atoms with van der Waals surface area (Å²) in [6, 6.07) is 34.6. The number of fused-ring (bicyclic) bond motifs is 2. The Kier molecular flexibility index (Phi) is 20.9. The van der Waals surface area contributed by atoms with Gasteiger partial charge in [0.25, 0.3) is 5.79 Å². The van der Waals surface area contributed by atoms with Crippen molar-refractivity contribution in [2.45, 2.75) is 83.7 Å². The molecule has 1 spiro atoms. The van der Waals surface area contributed by atoms with Crippen molar-refractivity contribution in [3.63, 3.8) is 0 Å². The molecule has 496 valence electrons. The van der Waals surface area contributed by atoms with Gasteiger partial charge in [0.15, 0.2) is 38.7 Å². The van der Waals surface area contributed by atoms with Crippen LogP contribution in [0.3, 0.4) is 0 Å². The van der Waals surface area contributed by atoms with E-state index in [1.54, 1.807) is 66.7 Å². The summed E-state index contributed by atoms with van der Waals surface area (Å²) in [6.07, 6.45) is 1.62. The molecule has 0 amide bonds. The summed E-state index contributed by atoms with van der Waals surface area (Å²) in [4.78, 5) is 52.3. The van der Waals surface area contributed by atoms with Crippen LogP contribution >= 0.6 is 0 Å². The van der Waals surface area contributed by atoms with Gasteiger partial charge < -0.3 is 85.6 Å². The summed E-state index contributed by atoms with van der Waals surface area (Å²) in [5.74, 6) is 1.78. The van der Waals surface area contributed by atoms with Gasteiger partial charge in [-0.15, -0.1) is 0 Å². The van der Waals surface area contributed by atoms with Gasteiger partial charge >= 0.3 is 11.9 Å². The molecule has 1 unspecified atom stereocenters. The molecule has 6 heterocycles. The standard InChI is InChI=1S/C71H80O22/c1-6-70(40-80-41-70)42-81-46-85-57-21-13-52(14-22-57)66(72)88-62-23-58-60(25-63(62)89-67(73)53-11-19-56(20-12-53)84-45-79-35-51-31-76-32-51)90-71(38-68(58,2)3)39-69(4,5)59-24-64(92-86-36-47-7-15-54(16-8-47)82-43-77-33-49-27-74-28-49)65(26-61(59)91-71)93-87-37-48-9-17-55(18-10-48)83-44-78-34-50-29-75-30-50/h7-26,49-51H,6,27-46H2,1-5H3. The molecule has 0 aliphatic carbocycles. The number of rotatable bonds is 33. The highest BCUT2D eigenvalue weighted by Gasteiger charge is 2.54. The van der Waals surface area contributed by atoms with Crippen LogP contribution in [0.15, 0.2) is 121 Å². The average Bonchev–Trinajstić information content (AvgIpc) is 0.720. The fourth-order valence-corrected chi connectivity index (χ4v) is 11.4. The first kappa shape index (κ1) is 65.3. The molecule has 0 N–H and O–H groups in total. The van der Waals surface area contributed by atoms with Crippen molar-refractivity contribution in [1.29, 1.82) is 0 Å². The number of benzene rings is 6. The lowest BCUT2D eigenvalue weighted by Gasteiger charge is -2.51. The van der Waals surface area contributed by atoms with E-state index in [1.165, 1.54) is 0 Å². The Hall–Kier alpha value is -7.74. The Morgan fingerprint density at radius 2 is 0.817 bits per heavy atom. The normalized spacial score (nSPS) is 19.2. The minimum absolute atomic E-state index is 0.00837. The quantitative estimate of drug-likeness (QED) is 0.00934. The largest absolute Gasteiger partial charge is 0.468 e. The molecule has 12 rings (SSSR count). The number of hydrogen-bond donors (Lipinski definition) is 0. The smallest absolute Gasteiger partial charge is 0.343 e. The van der Waals surface area contributed by atoms with E-state index in [9.17, 15) is 9.59 Å². The van der Waals surface area contributed by atoms with Crippen LogP contribution in [0.2, 0.25) is 0 Å². The van der Waals surface area contributed by atoms with Gasteiger partial charge in [-0.05, 0) is 102 Å². The molecule has 0 bridgehead atoms. The zero-order valence-corrected chi connectivity index (χ0v) is 53.1. The summed E-state index contributed by atoms with van der Waals surface area (Å²) in [5.41, 5.74) is 2.17. The van der Waals surface area contributed by atoms with Crippen LogP contribution in [0, 0.1) is 23.2 Å². The molecule has 4 saturated heterocycles. The molecule has 1 atom stereocenters. The predicted molar refractivity (Wildman–Crippen MR) is 331 cm³/mol. The average molecular weight is 1290 g/mol. The van der Waals surface area contributed by atoms with Gasteiger partial charge in [0, 0.05) is 70.1 Å². The lowest BCUT2D eigenvalue weighted by atomic mass is 9.69. The van der Waals surface area contributed by atoms with E-state index in [4.69, 9.17) is 95.3 Å². The van der Waals surface area contributed by atoms with Gasteiger partial charge in [-0.1, -0.05) is 58.9 Å². The number of carbonyl (C=O) groups excluding carboxylic acids is 2. The van der Waals surface area contributed by atoms with E-state index in [0.717, 1.165) is 23.1 Å². The minimum Gasteiger partial charge on any atom is -0.468 e. The number of ether oxygens (including phenoxy) is 16. The fourth-order valence-electron chi connectivity index (χ4n) is 11.4. The molecule has 6 aromatic carbocycles. The molecular formula is C71H80O22. The van der Waals surface area contributed by atoms with Gasteiger partial charge in [-0.25, -0.2) is 9.59 Å². The molecule has 93 heavy (non-hydrogen) atoms.